The Morgan fingerprint density at radius 3 is 2.72 bits per heavy atom. The van der Waals surface area contributed by atoms with Crippen molar-refractivity contribution in [3.05, 3.63) is 22.4 Å². The first kappa shape index (κ1) is 24.6. The predicted octanol–water partition coefficient (Wildman–Crippen LogP) is 2.16. The van der Waals surface area contributed by atoms with Gasteiger partial charge in [0, 0.05) is 30.8 Å². The number of guanidine groups is 1. The van der Waals surface area contributed by atoms with E-state index < -0.39 is 9.84 Å². The summed E-state index contributed by atoms with van der Waals surface area (Å²) in [5, 5.41) is 8.50. The third-order valence-corrected chi connectivity index (χ3v) is 4.98. The van der Waals surface area contributed by atoms with E-state index in [1.54, 1.807) is 11.3 Å². The molecule has 0 aliphatic rings. The molecule has 0 bridgehead atoms. The Labute approximate surface area is 172 Å². The van der Waals surface area contributed by atoms with Crippen molar-refractivity contribution in [2.24, 2.45) is 10.9 Å². The van der Waals surface area contributed by atoms with Crippen LogP contribution < -0.4 is 10.6 Å². The molecule has 6 nitrogen and oxygen atoms in total. The van der Waals surface area contributed by atoms with Crippen molar-refractivity contribution < 1.29 is 13.2 Å². The second kappa shape index (κ2) is 13.8. The van der Waals surface area contributed by atoms with E-state index in [1.165, 1.54) is 11.1 Å². The van der Waals surface area contributed by atoms with Crippen LogP contribution in [0.4, 0.5) is 0 Å². The van der Waals surface area contributed by atoms with Crippen molar-refractivity contribution in [1.29, 1.82) is 0 Å². The summed E-state index contributed by atoms with van der Waals surface area (Å²) in [5.74, 6) is 1.30. The summed E-state index contributed by atoms with van der Waals surface area (Å²) >= 11 is 1.78. The molecule has 1 aromatic heterocycles. The lowest BCUT2D eigenvalue weighted by molar-refractivity contribution is 0.154. The average Bonchev–Trinajstić information content (AvgIpc) is 3.00. The van der Waals surface area contributed by atoms with E-state index in [-0.39, 0.29) is 36.3 Å². The summed E-state index contributed by atoms with van der Waals surface area (Å²) in [5.41, 5.74) is 0. The van der Waals surface area contributed by atoms with Gasteiger partial charge in [-0.25, -0.2) is 8.42 Å². The van der Waals surface area contributed by atoms with Gasteiger partial charge in [0.1, 0.15) is 9.84 Å². The predicted molar refractivity (Wildman–Crippen MR) is 117 cm³/mol. The van der Waals surface area contributed by atoms with Gasteiger partial charge in [-0.3, -0.25) is 4.99 Å². The molecule has 0 saturated carbocycles. The fourth-order valence-corrected chi connectivity index (χ4v) is 3.27. The van der Waals surface area contributed by atoms with E-state index in [0.717, 1.165) is 25.5 Å². The van der Waals surface area contributed by atoms with Crippen LogP contribution in [0, 0.1) is 5.92 Å². The molecule has 2 N–H and O–H groups in total. The number of ether oxygens (including phenoxy) is 1. The Morgan fingerprint density at radius 2 is 2.12 bits per heavy atom. The maximum Gasteiger partial charge on any atom is 0.191 e. The van der Waals surface area contributed by atoms with Gasteiger partial charge >= 0.3 is 0 Å². The van der Waals surface area contributed by atoms with Crippen LogP contribution in [0.2, 0.25) is 0 Å². The third-order valence-electron chi connectivity index (χ3n) is 3.17. The van der Waals surface area contributed by atoms with Crippen LogP contribution in [0.3, 0.4) is 0 Å². The number of thiophene rings is 1. The van der Waals surface area contributed by atoms with Crippen molar-refractivity contribution in [1.82, 2.24) is 10.6 Å². The van der Waals surface area contributed by atoms with Crippen molar-refractivity contribution in [3.8, 4) is 0 Å². The second-order valence-corrected chi connectivity index (χ2v) is 9.07. The number of rotatable bonds is 11. The topological polar surface area (TPSA) is 79.8 Å². The summed E-state index contributed by atoms with van der Waals surface area (Å²) in [6, 6.07) is 4.23. The number of halogens is 1. The maximum atomic E-state index is 11.0. The Balaban J connectivity index is 0.00000576. The molecule has 1 rings (SSSR count). The number of nitrogens with one attached hydrogen (secondary N) is 2. The van der Waals surface area contributed by atoms with E-state index in [4.69, 9.17) is 4.74 Å². The van der Waals surface area contributed by atoms with Crippen LogP contribution >= 0.6 is 35.3 Å². The molecule has 9 heteroatoms. The minimum Gasteiger partial charge on any atom is -0.379 e. The van der Waals surface area contributed by atoms with Crippen molar-refractivity contribution in [3.63, 3.8) is 0 Å². The fourth-order valence-electron chi connectivity index (χ4n) is 1.98. The van der Waals surface area contributed by atoms with Gasteiger partial charge in [-0.05, 0) is 30.7 Å². The van der Waals surface area contributed by atoms with E-state index in [1.807, 2.05) is 6.92 Å². The molecule has 0 aliphatic heterocycles. The minimum atomic E-state index is -2.96. The van der Waals surface area contributed by atoms with Gasteiger partial charge in [-0.1, -0.05) is 13.0 Å². The Bertz CT molecular complexity index is 577. The molecule has 146 valence electrons. The quantitative estimate of drug-likeness (QED) is 0.210. The number of nitrogens with zero attached hydrogens (tertiary/aromatic N) is 1. The molecule has 1 unspecified atom stereocenters. The molecule has 0 fully saturated rings. The van der Waals surface area contributed by atoms with E-state index in [9.17, 15) is 8.42 Å². The average molecular weight is 503 g/mol. The fraction of sp³-hybridized carbons (Fsp3) is 0.688. The third kappa shape index (κ3) is 13.5. The number of sulfone groups is 1. The zero-order valence-electron chi connectivity index (χ0n) is 15.2. The van der Waals surface area contributed by atoms with Gasteiger partial charge in [0.15, 0.2) is 5.96 Å². The molecule has 25 heavy (non-hydrogen) atoms. The number of aliphatic imine (C=N–C) groups is 1. The van der Waals surface area contributed by atoms with Gasteiger partial charge in [-0.2, -0.15) is 0 Å². The first-order chi connectivity index (χ1) is 11.4. The summed E-state index contributed by atoms with van der Waals surface area (Å²) in [4.78, 5) is 5.98. The highest BCUT2D eigenvalue weighted by atomic mass is 127. The van der Waals surface area contributed by atoms with Gasteiger partial charge in [0.2, 0.25) is 0 Å². The molecular weight excluding hydrogens is 473 g/mol. The summed E-state index contributed by atoms with van der Waals surface area (Å²) in [6.45, 7) is 7.03. The Kier molecular flexibility index (Phi) is 13.6. The van der Waals surface area contributed by atoms with Crippen LogP contribution in [-0.4, -0.2) is 59.2 Å². The molecule has 1 heterocycles. The largest absolute Gasteiger partial charge is 0.379 e. The normalized spacial score (nSPS) is 13.2. The van der Waals surface area contributed by atoms with Gasteiger partial charge in [-0.15, -0.1) is 35.3 Å². The van der Waals surface area contributed by atoms with E-state index >= 15 is 0 Å². The summed E-state index contributed by atoms with van der Waals surface area (Å²) < 4.78 is 27.3. The number of hydrogen-bond acceptors (Lipinski definition) is 5. The van der Waals surface area contributed by atoms with Gasteiger partial charge < -0.3 is 15.4 Å². The van der Waals surface area contributed by atoms with E-state index in [2.05, 4.69) is 40.1 Å². The highest BCUT2D eigenvalue weighted by Gasteiger charge is 2.05. The van der Waals surface area contributed by atoms with E-state index in [0.29, 0.717) is 19.1 Å². The van der Waals surface area contributed by atoms with Crippen LogP contribution in [0.15, 0.2) is 22.5 Å². The SMILES string of the molecule is CCNC(=NCC(C)Cc1cccs1)NCCOCCS(C)(=O)=O.I. The molecule has 1 atom stereocenters. The molecule has 0 saturated heterocycles. The van der Waals surface area contributed by atoms with Crippen LogP contribution in [-0.2, 0) is 21.0 Å². The molecule has 0 spiro atoms. The maximum absolute atomic E-state index is 11.0. The Morgan fingerprint density at radius 1 is 1.36 bits per heavy atom. The zero-order valence-corrected chi connectivity index (χ0v) is 19.1. The first-order valence-electron chi connectivity index (χ1n) is 8.20. The van der Waals surface area contributed by atoms with Crippen molar-refractivity contribution >= 4 is 51.1 Å². The van der Waals surface area contributed by atoms with Crippen LogP contribution in [0.25, 0.3) is 0 Å². The van der Waals surface area contributed by atoms with Crippen molar-refractivity contribution in [2.75, 3.05) is 44.9 Å². The lowest BCUT2D eigenvalue weighted by atomic mass is 10.1. The lowest BCUT2D eigenvalue weighted by Crippen LogP contribution is -2.39. The smallest absolute Gasteiger partial charge is 0.191 e. The van der Waals surface area contributed by atoms with Gasteiger partial charge in [0.25, 0.3) is 0 Å². The first-order valence-corrected chi connectivity index (χ1v) is 11.1. The monoisotopic (exact) mass is 503 g/mol. The van der Waals surface area contributed by atoms with Crippen LogP contribution in [0.1, 0.15) is 18.7 Å². The second-order valence-electron chi connectivity index (χ2n) is 5.78. The highest BCUT2D eigenvalue weighted by molar-refractivity contribution is 14.0. The summed E-state index contributed by atoms with van der Waals surface area (Å²) in [7, 11) is -2.96. The molecule has 0 aliphatic carbocycles. The zero-order chi connectivity index (χ0) is 17.8. The molecule has 0 radical (unpaired) electrons. The molecule has 1 aromatic rings. The molecule has 0 aromatic carbocycles. The lowest BCUT2D eigenvalue weighted by Gasteiger charge is -2.13. The van der Waals surface area contributed by atoms with Crippen molar-refractivity contribution in [2.45, 2.75) is 20.3 Å². The number of hydrogen-bond donors (Lipinski definition) is 2. The standard InChI is InChI=1S/C16H29N3O3S2.HI/c1-4-17-16(18-7-8-22-9-11-24(3,20)21)19-13-14(2)12-15-6-5-10-23-15;/h5-6,10,14H,4,7-9,11-13H2,1-3H3,(H2,17,18,19);1H. The molecule has 0 amide bonds. The molecular formula is C16H30IN3O3S2. The van der Waals surface area contributed by atoms with Crippen LogP contribution in [0.5, 0.6) is 0 Å². The highest BCUT2D eigenvalue weighted by Crippen LogP contribution is 2.14. The van der Waals surface area contributed by atoms with Gasteiger partial charge in [0.05, 0.1) is 19.0 Å². The minimum absolute atomic E-state index is 0. The Hall–Kier alpha value is -0.390. The summed E-state index contributed by atoms with van der Waals surface area (Å²) in [6.07, 6.45) is 2.25.